The molecule has 0 aliphatic carbocycles. The maximum Gasteiger partial charge on any atom is 0.224 e. The van der Waals surface area contributed by atoms with Crippen molar-refractivity contribution in [2.45, 2.75) is 39.2 Å². The van der Waals surface area contributed by atoms with Gasteiger partial charge in [0.25, 0.3) is 0 Å². The Morgan fingerprint density at radius 1 is 1.16 bits per heavy atom. The van der Waals surface area contributed by atoms with Gasteiger partial charge in [0.05, 0.1) is 11.5 Å². The zero-order valence-corrected chi connectivity index (χ0v) is 15.4. The van der Waals surface area contributed by atoms with Gasteiger partial charge in [-0.25, -0.2) is 13.4 Å². The van der Waals surface area contributed by atoms with E-state index in [0.717, 1.165) is 18.5 Å². The number of anilines is 3. The molecule has 7 heteroatoms. The fraction of sp³-hybridized carbons (Fsp3) is 0.444. The first-order valence-electron chi connectivity index (χ1n) is 8.68. The van der Waals surface area contributed by atoms with Crippen molar-refractivity contribution in [1.82, 2.24) is 9.97 Å². The van der Waals surface area contributed by atoms with E-state index in [4.69, 9.17) is 0 Å². The molecule has 1 aliphatic rings. The molecule has 0 spiro atoms. The van der Waals surface area contributed by atoms with Crippen molar-refractivity contribution in [3.8, 4) is 0 Å². The third-order valence-electron chi connectivity index (χ3n) is 4.47. The van der Waals surface area contributed by atoms with E-state index in [1.54, 1.807) is 6.20 Å². The Bertz CT molecular complexity index is 830. The van der Waals surface area contributed by atoms with E-state index in [-0.39, 0.29) is 17.5 Å². The Labute approximate surface area is 149 Å². The standard InChI is InChI=1S/C18H24N4O2S/c1-3-13-6-5-7-14(4-2)17(13)21-16-8-10-19-18(22-16)20-15-9-11-25(23,24)12-15/h5-8,10,15H,3-4,9,11-12H2,1-2H3,(H2,19,20,21,22). The minimum absolute atomic E-state index is 0.116. The highest BCUT2D eigenvalue weighted by Gasteiger charge is 2.28. The minimum Gasteiger partial charge on any atom is -0.350 e. The summed E-state index contributed by atoms with van der Waals surface area (Å²) in [5, 5.41) is 6.55. The van der Waals surface area contributed by atoms with E-state index >= 15 is 0 Å². The molecule has 2 aromatic rings. The van der Waals surface area contributed by atoms with Crippen LogP contribution in [0.4, 0.5) is 17.5 Å². The third-order valence-corrected chi connectivity index (χ3v) is 6.24. The fourth-order valence-corrected chi connectivity index (χ4v) is 4.79. The summed E-state index contributed by atoms with van der Waals surface area (Å²) in [6.45, 7) is 4.26. The molecule has 1 unspecified atom stereocenters. The molecule has 6 nitrogen and oxygen atoms in total. The average Bonchev–Trinajstić information content (AvgIpc) is 2.94. The predicted octanol–water partition coefficient (Wildman–Crippen LogP) is 2.94. The molecule has 1 aromatic heterocycles. The molecule has 0 amide bonds. The SMILES string of the molecule is CCc1cccc(CC)c1Nc1ccnc(NC2CCS(=O)(=O)C2)n1. The number of aryl methyl sites for hydroxylation is 2. The highest BCUT2D eigenvalue weighted by molar-refractivity contribution is 7.91. The van der Waals surface area contributed by atoms with Crippen LogP contribution < -0.4 is 10.6 Å². The molecule has 134 valence electrons. The second-order valence-electron chi connectivity index (χ2n) is 6.29. The number of hydrogen-bond donors (Lipinski definition) is 2. The largest absolute Gasteiger partial charge is 0.350 e. The number of para-hydroxylation sites is 1. The summed E-state index contributed by atoms with van der Waals surface area (Å²) < 4.78 is 23.2. The molecule has 25 heavy (non-hydrogen) atoms. The summed E-state index contributed by atoms with van der Waals surface area (Å²) in [7, 11) is -2.93. The number of benzene rings is 1. The molecule has 3 rings (SSSR count). The monoisotopic (exact) mass is 360 g/mol. The first-order valence-corrected chi connectivity index (χ1v) is 10.5. The fourth-order valence-electron chi connectivity index (χ4n) is 3.12. The average molecular weight is 360 g/mol. The number of sulfone groups is 1. The van der Waals surface area contributed by atoms with Crippen LogP contribution >= 0.6 is 0 Å². The lowest BCUT2D eigenvalue weighted by molar-refractivity contribution is 0.602. The zero-order chi connectivity index (χ0) is 17.9. The van der Waals surface area contributed by atoms with E-state index in [9.17, 15) is 8.42 Å². The number of nitrogens with zero attached hydrogens (tertiary/aromatic N) is 2. The Hall–Kier alpha value is -2.15. The summed E-state index contributed by atoms with van der Waals surface area (Å²) in [6, 6.07) is 8.02. The summed E-state index contributed by atoms with van der Waals surface area (Å²) in [5.41, 5.74) is 3.59. The highest BCUT2D eigenvalue weighted by atomic mass is 32.2. The van der Waals surface area contributed by atoms with Crippen molar-refractivity contribution in [2.24, 2.45) is 0 Å². The zero-order valence-electron chi connectivity index (χ0n) is 14.6. The molecule has 1 atom stereocenters. The molecule has 0 radical (unpaired) electrons. The van der Waals surface area contributed by atoms with Crippen LogP contribution in [0.2, 0.25) is 0 Å². The Morgan fingerprint density at radius 2 is 1.88 bits per heavy atom. The molecule has 1 aromatic carbocycles. The van der Waals surface area contributed by atoms with Gasteiger partial charge in [0.15, 0.2) is 9.84 Å². The smallest absolute Gasteiger partial charge is 0.224 e. The summed E-state index contributed by atoms with van der Waals surface area (Å²) in [5.74, 6) is 1.53. The predicted molar refractivity (Wildman–Crippen MR) is 101 cm³/mol. The summed E-state index contributed by atoms with van der Waals surface area (Å²) >= 11 is 0. The van der Waals surface area contributed by atoms with Gasteiger partial charge in [-0.2, -0.15) is 4.98 Å². The Balaban J connectivity index is 1.79. The normalized spacial score (nSPS) is 18.9. The number of hydrogen-bond acceptors (Lipinski definition) is 6. The summed E-state index contributed by atoms with van der Waals surface area (Å²) in [4.78, 5) is 8.72. The molecule has 2 N–H and O–H groups in total. The maximum absolute atomic E-state index is 11.6. The van der Waals surface area contributed by atoms with E-state index in [1.165, 1.54) is 11.1 Å². The van der Waals surface area contributed by atoms with Gasteiger partial charge < -0.3 is 10.6 Å². The third kappa shape index (κ3) is 4.28. The molecular weight excluding hydrogens is 336 g/mol. The van der Waals surface area contributed by atoms with Gasteiger partial charge in [-0.3, -0.25) is 0 Å². The number of rotatable bonds is 6. The molecule has 1 fully saturated rings. The van der Waals surface area contributed by atoms with E-state index in [0.29, 0.717) is 18.2 Å². The van der Waals surface area contributed by atoms with Crippen LogP contribution in [0.25, 0.3) is 0 Å². The van der Waals surface area contributed by atoms with Crippen LogP contribution in [0.3, 0.4) is 0 Å². The lowest BCUT2D eigenvalue weighted by Crippen LogP contribution is -2.22. The van der Waals surface area contributed by atoms with Gasteiger partial charge in [-0.05, 0) is 36.5 Å². The topological polar surface area (TPSA) is 84.0 Å². The van der Waals surface area contributed by atoms with Gasteiger partial charge in [-0.15, -0.1) is 0 Å². The van der Waals surface area contributed by atoms with Gasteiger partial charge in [0.2, 0.25) is 5.95 Å². The van der Waals surface area contributed by atoms with Crippen LogP contribution in [-0.4, -0.2) is 35.9 Å². The van der Waals surface area contributed by atoms with Crippen LogP contribution in [0.5, 0.6) is 0 Å². The lowest BCUT2D eigenvalue weighted by atomic mass is 10.0. The van der Waals surface area contributed by atoms with Crippen LogP contribution in [0.15, 0.2) is 30.5 Å². The maximum atomic E-state index is 11.6. The first-order chi connectivity index (χ1) is 12.0. The second kappa shape index (κ2) is 7.39. The number of aromatic nitrogens is 2. The lowest BCUT2D eigenvalue weighted by Gasteiger charge is -2.16. The van der Waals surface area contributed by atoms with Crippen molar-refractivity contribution >= 4 is 27.3 Å². The molecular formula is C18H24N4O2S. The van der Waals surface area contributed by atoms with Crippen molar-refractivity contribution in [3.05, 3.63) is 41.6 Å². The van der Waals surface area contributed by atoms with Gasteiger partial charge >= 0.3 is 0 Å². The van der Waals surface area contributed by atoms with E-state index in [1.807, 2.05) is 6.07 Å². The highest BCUT2D eigenvalue weighted by Crippen LogP contribution is 2.26. The molecule has 1 saturated heterocycles. The molecule has 0 bridgehead atoms. The van der Waals surface area contributed by atoms with Gasteiger partial charge in [-0.1, -0.05) is 32.0 Å². The minimum atomic E-state index is -2.93. The van der Waals surface area contributed by atoms with Gasteiger partial charge in [0.1, 0.15) is 5.82 Å². The first kappa shape index (κ1) is 17.7. The van der Waals surface area contributed by atoms with Crippen molar-refractivity contribution < 1.29 is 8.42 Å². The second-order valence-corrected chi connectivity index (χ2v) is 8.52. The molecule has 1 aliphatic heterocycles. The van der Waals surface area contributed by atoms with Crippen LogP contribution in [0.1, 0.15) is 31.4 Å². The van der Waals surface area contributed by atoms with Crippen LogP contribution in [0, 0.1) is 0 Å². The van der Waals surface area contributed by atoms with E-state index in [2.05, 4.69) is 52.6 Å². The van der Waals surface area contributed by atoms with Gasteiger partial charge in [0, 0.05) is 17.9 Å². The summed E-state index contributed by atoms with van der Waals surface area (Å²) in [6.07, 6.45) is 4.15. The molecule has 0 saturated carbocycles. The Kier molecular flexibility index (Phi) is 5.22. The van der Waals surface area contributed by atoms with Crippen molar-refractivity contribution in [1.29, 1.82) is 0 Å². The molecule has 2 heterocycles. The van der Waals surface area contributed by atoms with Crippen LogP contribution in [-0.2, 0) is 22.7 Å². The van der Waals surface area contributed by atoms with Crippen molar-refractivity contribution in [2.75, 3.05) is 22.1 Å². The quantitative estimate of drug-likeness (QED) is 0.824. The van der Waals surface area contributed by atoms with Crippen molar-refractivity contribution in [3.63, 3.8) is 0 Å². The number of nitrogens with one attached hydrogen (secondary N) is 2. The Morgan fingerprint density at radius 3 is 2.48 bits per heavy atom. The van der Waals surface area contributed by atoms with E-state index < -0.39 is 9.84 Å².